The van der Waals surface area contributed by atoms with Crippen molar-refractivity contribution in [1.29, 1.82) is 0 Å². The van der Waals surface area contributed by atoms with Crippen molar-refractivity contribution in [3.05, 3.63) is 184 Å². The number of alkyl halides is 24. The van der Waals surface area contributed by atoms with Crippen molar-refractivity contribution in [2.45, 2.75) is 54.3 Å². The van der Waals surface area contributed by atoms with Gasteiger partial charge in [0.15, 0.2) is 10.6 Å². The van der Waals surface area contributed by atoms with Crippen molar-refractivity contribution in [1.82, 2.24) is 0 Å². The fourth-order valence-electron chi connectivity index (χ4n) is 7.82. The minimum Gasteiger partial charge on any atom is -0.289 e. The third kappa shape index (κ3) is 13.9. The molecule has 0 spiro atoms. The van der Waals surface area contributed by atoms with Crippen LogP contribution in [0.1, 0.15) is 54.9 Å². The molecule has 6 aromatic rings. The molecule has 2 nitrogen and oxygen atoms in total. The number of hydrogen-bond acceptors (Lipinski definition) is 2. The minimum absolute atomic E-state index is 0.0566. The lowest BCUT2D eigenvalue weighted by Gasteiger charge is -2.46. The van der Waals surface area contributed by atoms with Crippen molar-refractivity contribution in [3.8, 4) is 0 Å². The molecule has 28 heteroatoms. The van der Waals surface area contributed by atoms with Gasteiger partial charge in [0.1, 0.15) is 22.3 Å². The predicted octanol–water partition coefficient (Wildman–Crippen LogP) is 14.3. The second kappa shape index (κ2) is 20.2. The van der Waals surface area contributed by atoms with Gasteiger partial charge in [0.25, 0.3) is 0 Å². The van der Waals surface area contributed by atoms with Gasteiger partial charge < -0.3 is 0 Å². The van der Waals surface area contributed by atoms with Crippen LogP contribution >= 0.6 is 0 Å². The lowest BCUT2D eigenvalue weighted by molar-refractivity contribution is -0.144. The van der Waals surface area contributed by atoms with Crippen LogP contribution < -0.4 is 21.9 Å². The Bertz CT molecular complexity index is 2630. The molecule has 0 heterocycles. The maximum absolute atomic E-state index is 14.2. The van der Waals surface area contributed by atoms with E-state index < -0.39 is 205 Å². The molecule has 0 saturated heterocycles. The number of ketones is 1. The summed E-state index contributed by atoms with van der Waals surface area (Å²) in [5.41, 5.74) is -29.6. The molecular formula is C47H27BF24O2S. The van der Waals surface area contributed by atoms with Crippen LogP contribution in [0.25, 0.3) is 0 Å². The Labute approximate surface area is 407 Å². The molecule has 0 amide bonds. The van der Waals surface area contributed by atoms with E-state index in [1.54, 1.807) is 30.5 Å². The van der Waals surface area contributed by atoms with Gasteiger partial charge in [0.2, 0.25) is 5.78 Å². The third-order valence-electron chi connectivity index (χ3n) is 11.2. The van der Waals surface area contributed by atoms with E-state index in [1.165, 1.54) is 0 Å². The molecule has 0 fully saturated rings. The number of rotatable bonds is 8. The van der Waals surface area contributed by atoms with E-state index in [0.29, 0.717) is 5.56 Å². The smallest absolute Gasteiger partial charge is 0.289 e. The summed E-state index contributed by atoms with van der Waals surface area (Å²) < 4.78 is 353. The molecule has 0 radical (unpaired) electrons. The van der Waals surface area contributed by atoms with E-state index in [9.17, 15) is 114 Å². The molecule has 404 valence electrons. The third-order valence-corrected chi connectivity index (χ3v) is 13.3. The average Bonchev–Trinajstić information content (AvgIpc) is 3.27. The van der Waals surface area contributed by atoms with E-state index in [1.807, 2.05) is 36.4 Å². The van der Waals surface area contributed by atoms with Crippen LogP contribution in [-0.2, 0) is 63.6 Å². The van der Waals surface area contributed by atoms with Crippen LogP contribution in [0, 0.1) is 0 Å². The van der Waals surface area contributed by atoms with E-state index in [2.05, 4.69) is 0 Å². The Hall–Kier alpha value is -6.48. The zero-order valence-corrected chi connectivity index (χ0v) is 37.6. The zero-order chi connectivity index (χ0) is 56.9. The molecule has 6 rings (SSSR count). The predicted molar refractivity (Wildman–Crippen MR) is 224 cm³/mol. The van der Waals surface area contributed by atoms with Gasteiger partial charge in [-0.05, 0) is 36.4 Å². The van der Waals surface area contributed by atoms with Crippen LogP contribution in [0.4, 0.5) is 105 Å². The molecule has 1 unspecified atom stereocenters. The highest BCUT2D eigenvalue weighted by molar-refractivity contribution is 8.03. The second-order valence-electron chi connectivity index (χ2n) is 16.5. The number of carbonyl (C=O) groups excluding carboxylic acids is 1. The first kappa shape index (κ1) is 59.4. The highest BCUT2D eigenvalue weighted by Crippen LogP contribution is 2.41. The van der Waals surface area contributed by atoms with E-state index in [4.69, 9.17) is 0 Å². The Kier molecular flexibility index (Phi) is 16.0. The van der Waals surface area contributed by atoms with E-state index >= 15 is 0 Å². The van der Waals surface area contributed by atoms with Crippen molar-refractivity contribution >= 4 is 43.7 Å². The number of benzene rings is 6. The second-order valence-corrected chi connectivity index (χ2v) is 19.2. The molecule has 0 aromatic heterocycles. The fraction of sp³-hybridized carbons (Fsp3) is 0.213. The lowest BCUT2D eigenvalue weighted by Crippen LogP contribution is -2.75. The van der Waals surface area contributed by atoms with E-state index in [-0.39, 0.29) is 11.5 Å². The van der Waals surface area contributed by atoms with Crippen molar-refractivity contribution in [2.75, 3.05) is 12.0 Å². The van der Waals surface area contributed by atoms with Crippen LogP contribution in [0.5, 0.6) is 0 Å². The van der Waals surface area contributed by atoms with Crippen molar-refractivity contribution < 1.29 is 114 Å². The van der Waals surface area contributed by atoms with Crippen molar-refractivity contribution in [2.24, 2.45) is 0 Å². The first-order valence-electron chi connectivity index (χ1n) is 20.3. The average molecular weight is 1120 g/mol. The summed E-state index contributed by atoms with van der Waals surface area (Å²) in [6, 6.07) is 9.34. The Morgan fingerprint density at radius 1 is 0.347 bits per heavy atom. The highest BCUT2D eigenvalue weighted by Gasteiger charge is 2.47. The topological polar surface area (TPSA) is 34.1 Å². The lowest BCUT2D eigenvalue weighted by atomic mass is 9.12. The van der Waals surface area contributed by atoms with Gasteiger partial charge >= 0.3 is 49.4 Å². The normalized spacial score (nSPS) is 14.2. The summed E-state index contributed by atoms with van der Waals surface area (Å²) in [6.45, 7) is 0. The van der Waals surface area contributed by atoms with Gasteiger partial charge in [0.05, 0.1) is 44.5 Å². The van der Waals surface area contributed by atoms with Crippen molar-refractivity contribution in [3.63, 3.8) is 0 Å². The first-order chi connectivity index (χ1) is 33.9. The molecule has 1 atom stereocenters. The Morgan fingerprint density at radius 3 is 0.747 bits per heavy atom. The SMILES string of the molecule is C[S+](=O)(CC(=O)c1ccccc1)c1ccccc1.FC(F)(F)c1cc([B-](c2cc(C(F)(F)F)cc(C(F)(F)F)c2)(c2cc(C(F)(F)F)cc(C(F)(F)F)c2)c2cc(C(F)(F)F)cc(C(F)(F)F)c2)cc(C(F)(F)F)c1. The van der Waals surface area contributed by atoms with Gasteiger partial charge in [-0.2, -0.15) is 127 Å². The molecule has 0 aliphatic rings. The number of hydrogen-bond donors (Lipinski definition) is 0. The summed E-state index contributed by atoms with van der Waals surface area (Å²) in [6.07, 6.45) is -53.2. The fourth-order valence-corrected chi connectivity index (χ4v) is 9.39. The standard InChI is InChI=1S/C32H12BF24.C15H15O2S/c34-25(35,36)13-1-14(26(37,38)39)6-21(5-13)33(22-7-15(27(40,41)42)2-16(8-22)28(43,44)45,23-9-17(29(46,47)48)3-18(10-23)30(49,50)51)24-11-19(31(52,53)54)4-20(12-24)32(55,56)57;1-18(17,14-10-6-3-7-11-14)12-15(16)13-8-4-2-5-9-13/h1-12H;2-11H,12H2,1H3/q-1;+1. The van der Waals surface area contributed by atoms with Gasteiger partial charge in [-0.1, -0.05) is 101 Å². The summed E-state index contributed by atoms with van der Waals surface area (Å²) in [5, 5.41) is 0. The summed E-state index contributed by atoms with van der Waals surface area (Å²) in [4.78, 5) is 12.8. The summed E-state index contributed by atoms with van der Waals surface area (Å²) in [7, 11) is -2.31. The maximum atomic E-state index is 14.2. The molecule has 0 aliphatic carbocycles. The van der Waals surface area contributed by atoms with E-state index in [0.717, 1.165) is 4.90 Å². The molecule has 0 N–H and O–H groups in total. The zero-order valence-electron chi connectivity index (χ0n) is 36.8. The Balaban J connectivity index is 0.000000483. The molecule has 75 heavy (non-hydrogen) atoms. The largest absolute Gasteiger partial charge is 0.416 e. The minimum atomic E-state index is -6.13. The summed E-state index contributed by atoms with van der Waals surface area (Å²) in [5.74, 6) is -0.0203. The molecular weight excluding hydrogens is 1100 g/mol. The molecule has 0 saturated carbocycles. The molecule has 0 bridgehead atoms. The summed E-state index contributed by atoms with van der Waals surface area (Å²) >= 11 is 0. The van der Waals surface area contributed by atoms with Crippen LogP contribution in [0.15, 0.2) is 138 Å². The molecule has 0 aliphatic heterocycles. The van der Waals surface area contributed by atoms with Gasteiger partial charge in [-0.15, -0.1) is 0 Å². The Morgan fingerprint density at radius 2 is 0.547 bits per heavy atom. The maximum Gasteiger partial charge on any atom is 0.416 e. The quantitative estimate of drug-likeness (QED) is 0.0659. The van der Waals surface area contributed by atoms with Crippen LogP contribution in [0.2, 0.25) is 0 Å². The monoisotopic (exact) mass is 1120 g/mol. The van der Waals surface area contributed by atoms with Gasteiger partial charge in [0, 0.05) is 5.56 Å². The first-order valence-corrected chi connectivity index (χ1v) is 22.5. The number of Topliss-reactive ketones (excluding diaryl/α,β-unsaturated/α-hetero) is 1. The number of halogens is 24. The highest BCUT2D eigenvalue weighted by atomic mass is 32.2. The molecule has 6 aromatic carbocycles. The van der Waals surface area contributed by atoms with Crippen LogP contribution in [0.3, 0.4) is 0 Å². The number of carbonyl (C=O) groups is 1. The van der Waals surface area contributed by atoms with Crippen LogP contribution in [-0.4, -0.2) is 23.9 Å². The van der Waals surface area contributed by atoms with Gasteiger partial charge in [-0.25, -0.2) is 0 Å². The van der Waals surface area contributed by atoms with Gasteiger partial charge in [-0.3, -0.25) is 4.79 Å².